The fourth-order valence-corrected chi connectivity index (χ4v) is 2.54. The van der Waals surface area contributed by atoms with E-state index in [1.807, 2.05) is 48.5 Å². The molecule has 0 aliphatic rings. The molecule has 7 heteroatoms. The van der Waals surface area contributed by atoms with Crippen LogP contribution in [-0.2, 0) is 0 Å². The normalized spacial score (nSPS) is 11.2. The van der Waals surface area contributed by atoms with E-state index < -0.39 is 0 Å². The Morgan fingerprint density at radius 3 is 2.81 bits per heavy atom. The summed E-state index contributed by atoms with van der Waals surface area (Å²) in [5.41, 5.74) is 6.10. The van der Waals surface area contributed by atoms with Gasteiger partial charge in [0.1, 0.15) is 17.9 Å². The number of fused-ring (bicyclic) bond motifs is 3. The fraction of sp³-hybridized carbons (Fsp3) is 0.0526. The van der Waals surface area contributed by atoms with Crippen LogP contribution in [0.1, 0.15) is 5.56 Å². The maximum atomic E-state index is 5.44. The van der Waals surface area contributed by atoms with Crippen molar-refractivity contribution in [2.24, 2.45) is 5.10 Å². The number of nitrogens with one attached hydrogen (secondary N) is 2. The van der Waals surface area contributed by atoms with Gasteiger partial charge >= 0.3 is 0 Å². The molecule has 4 rings (SSSR count). The average molecular weight is 344 g/mol. The lowest BCUT2D eigenvalue weighted by atomic mass is 10.2. The highest BCUT2D eigenvalue weighted by Crippen LogP contribution is 2.21. The number of benzene rings is 2. The van der Waals surface area contributed by atoms with Crippen LogP contribution in [-0.4, -0.2) is 33.0 Å². The number of H-pyrrole nitrogens is 1. The van der Waals surface area contributed by atoms with Gasteiger partial charge in [-0.15, -0.1) is 10.2 Å². The zero-order valence-corrected chi connectivity index (χ0v) is 13.9. The van der Waals surface area contributed by atoms with E-state index in [9.17, 15) is 0 Å². The SMILES string of the molecule is C=CCOc1ccc(C=NNc2nnc3c(n2)[nH]c2ccccc23)cc1. The lowest BCUT2D eigenvalue weighted by Gasteiger charge is -2.02. The molecular weight excluding hydrogens is 328 g/mol. The third-order valence-electron chi connectivity index (χ3n) is 3.75. The summed E-state index contributed by atoms with van der Waals surface area (Å²) in [5.74, 6) is 1.11. The van der Waals surface area contributed by atoms with Gasteiger partial charge in [0.15, 0.2) is 5.65 Å². The maximum Gasteiger partial charge on any atom is 0.265 e. The van der Waals surface area contributed by atoms with Crippen molar-refractivity contribution in [2.45, 2.75) is 0 Å². The van der Waals surface area contributed by atoms with Crippen LogP contribution >= 0.6 is 0 Å². The minimum atomic E-state index is 0.325. The summed E-state index contributed by atoms with van der Waals surface area (Å²) >= 11 is 0. The number of nitrogens with zero attached hydrogens (tertiary/aromatic N) is 4. The van der Waals surface area contributed by atoms with E-state index in [0.29, 0.717) is 18.2 Å². The van der Waals surface area contributed by atoms with Gasteiger partial charge in [-0.3, -0.25) is 0 Å². The molecule has 0 bridgehead atoms. The Bertz CT molecular complexity index is 1080. The number of para-hydroxylation sites is 1. The second-order valence-corrected chi connectivity index (χ2v) is 5.54. The fourth-order valence-electron chi connectivity index (χ4n) is 2.54. The molecule has 2 heterocycles. The number of ether oxygens (including phenoxy) is 1. The van der Waals surface area contributed by atoms with Gasteiger partial charge in [-0.1, -0.05) is 30.9 Å². The number of aromatic amines is 1. The van der Waals surface area contributed by atoms with Gasteiger partial charge in [-0.05, 0) is 35.9 Å². The highest BCUT2D eigenvalue weighted by Gasteiger charge is 2.07. The number of hydrazone groups is 1. The van der Waals surface area contributed by atoms with Crippen LogP contribution < -0.4 is 10.2 Å². The molecule has 0 aliphatic heterocycles. The Balaban J connectivity index is 1.47. The standard InChI is InChI=1S/C19H16N6O/c1-2-11-26-14-9-7-13(8-10-14)12-20-24-19-22-18-17(23-25-19)15-5-3-4-6-16(15)21-18/h2-10,12H,1,11H2,(H2,21,22,24,25). The highest BCUT2D eigenvalue weighted by atomic mass is 16.5. The third-order valence-corrected chi connectivity index (χ3v) is 3.75. The Morgan fingerprint density at radius 2 is 1.96 bits per heavy atom. The molecule has 0 aliphatic carbocycles. The molecular formula is C19H16N6O. The Morgan fingerprint density at radius 1 is 1.12 bits per heavy atom. The van der Waals surface area contributed by atoms with Gasteiger partial charge < -0.3 is 9.72 Å². The minimum absolute atomic E-state index is 0.325. The number of rotatable bonds is 6. The number of anilines is 1. The van der Waals surface area contributed by atoms with Gasteiger partial charge in [-0.2, -0.15) is 10.1 Å². The van der Waals surface area contributed by atoms with Crippen LogP contribution in [0.2, 0.25) is 0 Å². The van der Waals surface area contributed by atoms with Gasteiger partial charge in [0.25, 0.3) is 5.95 Å². The molecule has 2 aromatic carbocycles. The summed E-state index contributed by atoms with van der Waals surface area (Å²) in [4.78, 5) is 7.63. The minimum Gasteiger partial charge on any atom is -0.490 e. The molecule has 0 atom stereocenters. The van der Waals surface area contributed by atoms with Gasteiger partial charge in [0.2, 0.25) is 0 Å². The summed E-state index contributed by atoms with van der Waals surface area (Å²) in [6.45, 7) is 4.10. The van der Waals surface area contributed by atoms with E-state index in [-0.39, 0.29) is 0 Å². The maximum absolute atomic E-state index is 5.44. The van der Waals surface area contributed by atoms with Gasteiger partial charge in [-0.25, -0.2) is 5.43 Å². The predicted molar refractivity (Wildman–Crippen MR) is 103 cm³/mol. The summed E-state index contributed by atoms with van der Waals surface area (Å²) in [7, 11) is 0. The molecule has 26 heavy (non-hydrogen) atoms. The first kappa shape index (κ1) is 15.8. The molecule has 128 valence electrons. The highest BCUT2D eigenvalue weighted by molar-refractivity contribution is 6.03. The van der Waals surface area contributed by atoms with Crippen LogP contribution in [0.15, 0.2) is 66.3 Å². The molecule has 0 spiro atoms. The first-order valence-electron chi connectivity index (χ1n) is 8.07. The van der Waals surface area contributed by atoms with Crippen molar-refractivity contribution in [1.29, 1.82) is 0 Å². The van der Waals surface area contributed by atoms with Crippen molar-refractivity contribution in [2.75, 3.05) is 12.0 Å². The van der Waals surface area contributed by atoms with Crippen LogP contribution in [0.3, 0.4) is 0 Å². The largest absolute Gasteiger partial charge is 0.490 e. The molecule has 4 aromatic rings. The van der Waals surface area contributed by atoms with Crippen molar-refractivity contribution in [3.63, 3.8) is 0 Å². The summed E-state index contributed by atoms with van der Waals surface area (Å²) in [6, 6.07) is 15.4. The summed E-state index contributed by atoms with van der Waals surface area (Å²) in [6.07, 6.45) is 3.38. The Kier molecular flexibility index (Phi) is 4.26. The smallest absolute Gasteiger partial charge is 0.265 e. The number of hydrogen-bond acceptors (Lipinski definition) is 6. The molecule has 0 unspecified atom stereocenters. The van der Waals surface area contributed by atoms with E-state index in [2.05, 4.69) is 37.3 Å². The second kappa shape index (κ2) is 7.02. The Labute approximate surface area is 149 Å². The molecule has 7 nitrogen and oxygen atoms in total. The van der Waals surface area contributed by atoms with Crippen molar-refractivity contribution in [3.8, 4) is 5.75 Å². The van der Waals surface area contributed by atoms with Gasteiger partial charge in [0.05, 0.1) is 6.21 Å². The van der Waals surface area contributed by atoms with Crippen LogP contribution in [0.25, 0.3) is 22.1 Å². The van der Waals surface area contributed by atoms with Crippen LogP contribution in [0.4, 0.5) is 5.95 Å². The molecule has 2 aromatic heterocycles. The van der Waals surface area contributed by atoms with Crippen molar-refractivity contribution in [1.82, 2.24) is 20.2 Å². The number of aromatic nitrogens is 4. The van der Waals surface area contributed by atoms with E-state index in [1.165, 1.54) is 0 Å². The predicted octanol–water partition coefficient (Wildman–Crippen LogP) is 3.52. The lowest BCUT2D eigenvalue weighted by molar-refractivity contribution is 0.363. The van der Waals surface area contributed by atoms with Crippen molar-refractivity contribution in [3.05, 3.63) is 66.7 Å². The third kappa shape index (κ3) is 3.23. The first-order chi connectivity index (χ1) is 12.8. The van der Waals surface area contributed by atoms with Crippen molar-refractivity contribution < 1.29 is 4.74 Å². The van der Waals surface area contributed by atoms with Crippen LogP contribution in [0, 0.1) is 0 Å². The molecule has 0 fully saturated rings. The average Bonchev–Trinajstić information content (AvgIpc) is 3.05. The van der Waals surface area contributed by atoms with E-state index in [4.69, 9.17) is 4.74 Å². The first-order valence-corrected chi connectivity index (χ1v) is 8.07. The topological polar surface area (TPSA) is 88.1 Å². The van der Waals surface area contributed by atoms with E-state index >= 15 is 0 Å². The molecule has 0 saturated carbocycles. The van der Waals surface area contributed by atoms with E-state index in [1.54, 1.807) is 12.3 Å². The Hall–Kier alpha value is -3.74. The van der Waals surface area contributed by atoms with Gasteiger partial charge in [0, 0.05) is 10.9 Å². The van der Waals surface area contributed by atoms with Crippen LogP contribution in [0.5, 0.6) is 5.75 Å². The molecule has 0 radical (unpaired) electrons. The number of hydrogen-bond donors (Lipinski definition) is 2. The van der Waals surface area contributed by atoms with E-state index in [0.717, 1.165) is 27.7 Å². The molecule has 0 saturated heterocycles. The molecule has 0 amide bonds. The lowest BCUT2D eigenvalue weighted by Crippen LogP contribution is -1.99. The molecule has 2 N–H and O–H groups in total. The monoisotopic (exact) mass is 344 g/mol. The second-order valence-electron chi connectivity index (χ2n) is 5.54. The summed E-state index contributed by atoms with van der Waals surface area (Å²) < 4.78 is 5.44. The quantitative estimate of drug-likeness (QED) is 0.317. The summed E-state index contributed by atoms with van der Waals surface area (Å²) in [5, 5.41) is 13.5. The van der Waals surface area contributed by atoms with Crippen molar-refractivity contribution >= 4 is 34.2 Å². The zero-order valence-electron chi connectivity index (χ0n) is 13.9. The zero-order chi connectivity index (χ0) is 17.8.